The van der Waals surface area contributed by atoms with Gasteiger partial charge in [-0.1, -0.05) is 0 Å². The standard InChI is InChI=1S/C14H25NO12/c1-4(18)13(3-17)10(22)8(21)11(23)14(15,27-13)26-9-5(2-16)25-12(24)7(20)6(9)19/h5-12,16-17,19-24H,2-3,15H2,1H3/t5-,6-,7-,8+,9-,10-,11-,12-,13+,14+/m1/s1. The fourth-order valence-electron chi connectivity index (χ4n) is 3.13. The Kier molecular flexibility index (Phi) is 6.58. The Labute approximate surface area is 153 Å². The fourth-order valence-corrected chi connectivity index (χ4v) is 3.13. The molecule has 2 aliphatic heterocycles. The number of rotatable bonds is 5. The van der Waals surface area contributed by atoms with Gasteiger partial charge < -0.3 is 55.1 Å². The van der Waals surface area contributed by atoms with Gasteiger partial charge in [0.15, 0.2) is 23.8 Å². The van der Waals surface area contributed by atoms with Crippen molar-refractivity contribution in [1.29, 1.82) is 0 Å². The lowest BCUT2D eigenvalue weighted by atomic mass is 9.83. The van der Waals surface area contributed by atoms with Crippen LogP contribution in [-0.2, 0) is 19.0 Å². The Morgan fingerprint density at radius 1 is 1.04 bits per heavy atom. The average Bonchev–Trinajstić information content (AvgIpc) is 2.63. The second kappa shape index (κ2) is 7.90. The van der Waals surface area contributed by atoms with Crippen LogP contribution in [0.25, 0.3) is 0 Å². The maximum atomic E-state index is 11.9. The summed E-state index contributed by atoms with van der Waals surface area (Å²) in [5.74, 6) is -3.73. The van der Waals surface area contributed by atoms with Crippen molar-refractivity contribution >= 4 is 5.78 Å². The van der Waals surface area contributed by atoms with Gasteiger partial charge in [0.2, 0.25) is 0 Å². The van der Waals surface area contributed by atoms with Crippen molar-refractivity contribution in [3.05, 3.63) is 0 Å². The number of nitrogens with two attached hydrogens (primary N) is 1. The van der Waals surface area contributed by atoms with Gasteiger partial charge in [-0.25, -0.2) is 0 Å². The van der Waals surface area contributed by atoms with E-state index in [1.165, 1.54) is 0 Å². The minimum Gasteiger partial charge on any atom is -0.394 e. The van der Waals surface area contributed by atoms with Crippen LogP contribution in [0.3, 0.4) is 0 Å². The molecule has 2 saturated heterocycles. The molecule has 0 radical (unpaired) electrons. The first-order chi connectivity index (χ1) is 12.4. The van der Waals surface area contributed by atoms with Gasteiger partial charge in [-0.15, -0.1) is 0 Å². The summed E-state index contributed by atoms with van der Waals surface area (Å²) in [5, 5.41) is 78.6. The lowest BCUT2D eigenvalue weighted by molar-refractivity contribution is -0.414. The number of Topliss-reactive ketones (excluding diaryl/α,β-unsaturated/α-hetero) is 1. The summed E-state index contributed by atoms with van der Waals surface area (Å²) in [4.78, 5) is 11.9. The molecule has 2 heterocycles. The number of carbonyl (C=O) groups excluding carboxylic acids is 1. The number of hydrogen-bond acceptors (Lipinski definition) is 13. The van der Waals surface area contributed by atoms with Crippen LogP contribution in [0.15, 0.2) is 0 Å². The van der Waals surface area contributed by atoms with Crippen LogP contribution < -0.4 is 5.73 Å². The van der Waals surface area contributed by atoms with Gasteiger partial charge in [-0.05, 0) is 6.92 Å². The van der Waals surface area contributed by atoms with Crippen molar-refractivity contribution in [2.24, 2.45) is 5.73 Å². The number of hydrogen-bond donors (Lipinski definition) is 9. The molecule has 158 valence electrons. The van der Waals surface area contributed by atoms with E-state index in [1.807, 2.05) is 0 Å². The molecule has 13 heteroatoms. The summed E-state index contributed by atoms with van der Waals surface area (Å²) in [6.07, 6.45) is -15.1. The monoisotopic (exact) mass is 399 g/mol. The lowest BCUT2D eigenvalue weighted by Crippen LogP contribution is -2.78. The van der Waals surface area contributed by atoms with E-state index in [0.29, 0.717) is 0 Å². The SMILES string of the molecule is CC(=O)[C@]1(CO)O[C@@](N)(O[C@H]2[C@H](O)[C@@H](O)[C@H](O)O[C@@H]2CO)[C@H](O)[C@@H](O)[C@H]1O. The van der Waals surface area contributed by atoms with Crippen LogP contribution in [0.2, 0.25) is 0 Å². The van der Waals surface area contributed by atoms with Crippen LogP contribution in [0.4, 0.5) is 0 Å². The average molecular weight is 399 g/mol. The van der Waals surface area contributed by atoms with Crippen molar-refractivity contribution in [3.8, 4) is 0 Å². The Balaban J connectivity index is 2.38. The summed E-state index contributed by atoms with van der Waals surface area (Å²) in [7, 11) is 0. The molecule has 10 atom stereocenters. The topological polar surface area (TPSA) is 233 Å². The largest absolute Gasteiger partial charge is 0.394 e. The molecule has 0 aromatic heterocycles. The Morgan fingerprint density at radius 3 is 2.11 bits per heavy atom. The highest BCUT2D eigenvalue weighted by Crippen LogP contribution is 2.37. The Morgan fingerprint density at radius 2 is 1.63 bits per heavy atom. The highest BCUT2D eigenvalue weighted by Gasteiger charge is 2.63. The molecule has 0 aromatic rings. The van der Waals surface area contributed by atoms with E-state index < -0.39 is 79.5 Å². The van der Waals surface area contributed by atoms with Crippen molar-refractivity contribution in [2.45, 2.75) is 67.5 Å². The molecule has 2 aliphatic rings. The summed E-state index contributed by atoms with van der Waals surface area (Å²) < 4.78 is 15.3. The maximum absolute atomic E-state index is 11.9. The first-order valence-electron chi connectivity index (χ1n) is 8.08. The summed E-state index contributed by atoms with van der Waals surface area (Å²) in [6, 6.07) is 0. The third kappa shape index (κ3) is 3.62. The number of carbonyl (C=O) groups is 1. The van der Waals surface area contributed by atoms with Gasteiger partial charge in [0.05, 0.1) is 13.2 Å². The van der Waals surface area contributed by atoms with Crippen molar-refractivity contribution in [1.82, 2.24) is 0 Å². The zero-order valence-electron chi connectivity index (χ0n) is 14.3. The molecular weight excluding hydrogens is 374 g/mol. The van der Waals surface area contributed by atoms with E-state index >= 15 is 0 Å². The molecule has 0 bridgehead atoms. The van der Waals surface area contributed by atoms with Gasteiger partial charge >= 0.3 is 0 Å². The molecule has 0 spiro atoms. The predicted molar refractivity (Wildman–Crippen MR) is 81.4 cm³/mol. The molecule has 13 nitrogen and oxygen atoms in total. The number of aliphatic hydroxyl groups is 8. The normalized spacial score (nSPS) is 51.2. The van der Waals surface area contributed by atoms with E-state index in [9.17, 15) is 45.6 Å². The molecule has 0 unspecified atom stereocenters. The molecule has 0 amide bonds. The number of aliphatic hydroxyl groups excluding tert-OH is 8. The summed E-state index contributed by atoms with van der Waals surface area (Å²) in [6.45, 7) is -1.02. The molecule has 0 aliphatic carbocycles. The van der Waals surface area contributed by atoms with E-state index in [2.05, 4.69) is 0 Å². The summed E-state index contributed by atoms with van der Waals surface area (Å²) in [5.41, 5.74) is 3.36. The van der Waals surface area contributed by atoms with Crippen LogP contribution in [-0.4, -0.2) is 120 Å². The highest BCUT2D eigenvalue weighted by atomic mass is 16.8. The first-order valence-corrected chi connectivity index (χ1v) is 8.08. The van der Waals surface area contributed by atoms with Crippen molar-refractivity contribution in [2.75, 3.05) is 13.2 Å². The van der Waals surface area contributed by atoms with Gasteiger partial charge in [0.25, 0.3) is 5.91 Å². The molecule has 10 N–H and O–H groups in total. The third-order valence-electron chi connectivity index (χ3n) is 4.87. The lowest BCUT2D eigenvalue weighted by Gasteiger charge is -2.53. The van der Waals surface area contributed by atoms with Crippen LogP contribution >= 0.6 is 0 Å². The molecule has 0 saturated carbocycles. The maximum Gasteiger partial charge on any atom is 0.256 e. The van der Waals surface area contributed by atoms with Gasteiger partial charge in [-0.3, -0.25) is 10.5 Å². The highest BCUT2D eigenvalue weighted by molar-refractivity contribution is 5.86. The van der Waals surface area contributed by atoms with E-state index in [1.54, 1.807) is 0 Å². The fraction of sp³-hybridized carbons (Fsp3) is 0.929. The number of ether oxygens (including phenoxy) is 3. The van der Waals surface area contributed by atoms with E-state index in [4.69, 9.17) is 19.9 Å². The van der Waals surface area contributed by atoms with Gasteiger partial charge in [-0.2, -0.15) is 0 Å². The molecular formula is C14H25NO12. The minimum absolute atomic E-state index is 0.819. The number of ketones is 1. The molecule has 2 fully saturated rings. The van der Waals surface area contributed by atoms with Crippen LogP contribution in [0, 0.1) is 0 Å². The van der Waals surface area contributed by atoms with Gasteiger partial charge in [0.1, 0.15) is 36.6 Å². The van der Waals surface area contributed by atoms with Crippen molar-refractivity contribution in [3.63, 3.8) is 0 Å². The van der Waals surface area contributed by atoms with E-state index in [-0.39, 0.29) is 0 Å². The second-order valence-corrected chi connectivity index (χ2v) is 6.62. The molecule has 27 heavy (non-hydrogen) atoms. The van der Waals surface area contributed by atoms with E-state index in [0.717, 1.165) is 6.92 Å². The first kappa shape index (κ1) is 22.5. The minimum atomic E-state index is -2.78. The zero-order valence-corrected chi connectivity index (χ0v) is 14.3. The molecule has 0 aromatic carbocycles. The summed E-state index contributed by atoms with van der Waals surface area (Å²) >= 11 is 0. The van der Waals surface area contributed by atoms with Crippen molar-refractivity contribution < 1.29 is 59.9 Å². The Hall–Kier alpha value is -0.810. The predicted octanol–water partition coefficient (Wildman–Crippen LogP) is -6.15. The molecule has 2 rings (SSSR count). The smallest absolute Gasteiger partial charge is 0.256 e. The van der Waals surface area contributed by atoms with Gasteiger partial charge in [0, 0.05) is 0 Å². The van der Waals surface area contributed by atoms with Crippen LogP contribution in [0.1, 0.15) is 6.92 Å². The quantitative estimate of drug-likeness (QED) is 0.196. The third-order valence-corrected chi connectivity index (χ3v) is 4.87. The zero-order chi connectivity index (χ0) is 20.7. The van der Waals surface area contributed by atoms with Crippen LogP contribution in [0.5, 0.6) is 0 Å². The Bertz CT molecular complexity index is 548. The second-order valence-electron chi connectivity index (χ2n) is 6.62.